The molecule has 1 atom stereocenters. The summed E-state index contributed by atoms with van der Waals surface area (Å²) >= 11 is 1.98. The Morgan fingerprint density at radius 2 is 2.28 bits per heavy atom. The lowest BCUT2D eigenvalue weighted by molar-refractivity contribution is -0.131. The molecule has 0 aliphatic carbocycles. The average Bonchev–Trinajstić information content (AvgIpc) is 2.77. The third-order valence-electron chi connectivity index (χ3n) is 3.65. The molecule has 2 rings (SSSR count). The van der Waals surface area contributed by atoms with Gasteiger partial charge in [-0.15, -0.1) is 12.4 Å². The van der Waals surface area contributed by atoms with Gasteiger partial charge in [0, 0.05) is 36.1 Å². The smallest absolute Gasteiger partial charge is 0.222 e. The Balaban J connectivity index is 0.00000162. The molecule has 0 spiro atoms. The lowest BCUT2D eigenvalue weighted by atomic mass is 10.1. The fourth-order valence-corrected chi connectivity index (χ4v) is 3.80. The number of halogens is 1. The molecule has 1 N–H and O–H groups in total. The van der Waals surface area contributed by atoms with Crippen LogP contribution in [0.25, 0.3) is 0 Å². The van der Waals surface area contributed by atoms with Gasteiger partial charge in [-0.3, -0.25) is 4.79 Å². The second kappa shape index (κ2) is 7.01. The van der Waals surface area contributed by atoms with E-state index in [1.165, 1.54) is 12.8 Å². The van der Waals surface area contributed by atoms with Crippen LogP contribution in [0, 0.1) is 0 Å². The van der Waals surface area contributed by atoms with Crippen molar-refractivity contribution in [3.63, 3.8) is 0 Å². The van der Waals surface area contributed by atoms with E-state index in [0.717, 1.165) is 38.2 Å². The minimum atomic E-state index is 0. The number of rotatable bonds is 3. The Morgan fingerprint density at radius 3 is 2.89 bits per heavy atom. The third-order valence-corrected chi connectivity index (χ3v) is 4.94. The highest BCUT2D eigenvalue weighted by molar-refractivity contribution is 8.00. The summed E-state index contributed by atoms with van der Waals surface area (Å²) in [5.74, 6) is 1.44. The molecule has 0 aromatic heterocycles. The molecule has 1 amide bonds. The van der Waals surface area contributed by atoms with E-state index < -0.39 is 0 Å². The van der Waals surface area contributed by atoms with E-state index in [-0.39, 0.29) is 17.2 Å². The van der Waals surface area contributed by atoms with Gasteiger partial charge in [0.1, 0.15) is 0 Å². The maximum absolute atomic E-state index is 12.1. The van der Waals surface area contributed by atoms with Crippen LogP contribution in [0.3, 0.4) is 0 Å². The number of nitrogens with one attached hydrogen (secondary N) is 1. The van der Waals surface area contributed by atoms with Gasteiger partial charge in [-0.1, -0.05) is 0 Å². The molecule has 0 aromatic rings. The third kappa shape index (κ3) is 4.63. The molecule has 106 valence electrons. The SMILES string of the molecule is CC1(C)CN(C(=O)CCC2CCCN2)CCS1.Cl. The van der Waals surface area contributed by atoms with Crippen molar-refractivity contribution in [2.24, 2.45) is 0 Å². The van der Waals surface area contributed by atoms with Crippen LogP contribution in [0.2, 0.25) is 0 Å². The van der Waals surface area contributed by atoms with E-state index in [9.17, 15) is 4.79 Å². The summed E-state index contributed by atoms with van der Waals surface area (Å²) in [7, 11) is 0. The van der Waals surface area contributed by atoms with E-state index in [0.29, 0.717) is 11.9 Å². The highest BCUT2D eigenvalue weighted by atomic mass is 35.5. The number of carbonyl (C=O) groups excluding carboxylic acids is 1. The van der Waals surface area contributed by atoms with Crippen LogP contribution in [0.4, 0.5) is 0 Å². The van der Waals surface area contributed by atoms with Crippen molar-refractivity contribution < 1.29 is 4.79 Å². The number of carbonyl (C=O) groups is 1. The molecule has 2 aliphatic rings. The van der Waals surface area contributed by atoms with Crippen molar-refractivity contribution in [3.05, 3.63) is 0 Å². The Bertz CT molecular complexity index is 280. The van der Waals surface area contributed by atoms with E-state index >= 15 is 0 Å². The van der Waals surface area contributed by atoms with E-state index in [1.54, 1.807) is 0 Å². The zero-order valence-electron chi connectivity index (χ0n) is 11.4. The Labute approximate surface area is 121 Å². The van der Waals surface area contributed by atoms with E-state index in [2.05, 4.69) is 24.1 Å². The van der Waals surface area contributed by atoms with Crippen LogP contribution in [0.15, 0.2) is 0 Å². The fraction of sp³-hybridized carbons (Fsp3) is 0.923. The second-order valence-electron chi connectivity index (χ2n) is 5.76. The van der Waals surface area contributed by atoms with Gasteiger partial charge in [-0.25, -0.2) is 0 Å². The minimum absolute atomic E-state index is 0. The van der Waals surface area contributed by atoms with Gasteiger partial charge in [0.15, 0.2) is 0 Å². The van der Waals surface area contributed by atoms with Crippen molar-refractivity contribution in [1.29, 1.82) is 0 Å². The van der Waals surface area contributed by atoms with Crippen LogP contribution in [-0.4, -0.2) is 47.0 Å². The fourth-order valence-electron chi connectivity index (χ4n) is 2.69. The summed E-state index contributed by atoms with van der Waals surface area (Å²) in [5, 5.41) is 3.46. The summed E-state index contributed by atoms with van der Waals surface area (Å²) in [4.78, 5) is 14.2. The molecule has 5 heteroatoms. The van der Waals surface area contributed by atoms with Gasteiger partial charge >= 0.3 is 0 Å². The Hall–Kier alpha value is 0.0700. The first-order valence-electron chi connectivity index (χ1n) is 6.72. The molecule has 2 aliphatic heterocycles. The summed E-state index contributed by atoms with van der Waals surface area (Å²) < 4.78 is 0.236. The molecule has 2 heterocycles. The summed E-state index contributed by atoms with van der Waals surface area (Å²) in [6, 6.07) is 0.589. The molecular formula is C13H25ClN2OS. The Morgan fingerprint density at radius 1 is 1.50 bits per heavy atom. The number of amides is 1. The predicted octanol–water partition coefficient (Wildman–Crippen LogP) is 2.29. The zero-order chi connectivity index (χ0) is 12.3. The van der Waals surface area contributed by atoms with Gasteiger partial charge in [0.25, 0.3) is 0 Å². The molecule has 3 nitrogen and oxygen atoms in total. The van der Waals surface area contributed by atoms with Crippen molar-refractivity contribution in [2.75, 3.05) is 25.4 Å². The first-order chi connectivity index (χ1) is 8.07. The number of hydrogen-bond donors (Lipinski definition) is 1. The highest BCUT2D eigenvalue weighted by Gasteiger charge is 2.29. The van der Waals surface area contributed by atoms with E-state index in [4.69, 9.17) is 0 Å². The molecule has 2 saturated heterocycles. The number of thioether (sulfide) groups is 1. The van der Waals surface area contributed by atoms with Crippen molar-refractivity contribution >= 4 is 30.1 Å². The highest BCUT2D eigenvalue weighted by Crippen LogP contribution is 2.29. The van der Waals surface area contributed by atoms with Crippen LogP contribution in [0.5, 0.6) is 0 Å². The van der Waals surface area contributed by atoms with Crippen LogP contribution >= 0.6 is 24.2 Å². The molecule has 0 saturated carbocycles. The van der Waals surface area contributed by atoms with Gasteiger partial charge in [0.05, 0.1) is 0 Å². The second-order valence-corrected chi connectivity index (χ2v) is 7.56. The summed E-state index contributed by atoms with van der Waals surface area (Å²) in [6.45, 7) is 7.44. The van der Waals surface area contributed by atoms with Crippen LogP contribution in [-0.2, 0) is 4.79 Å². The zero-order valence-corrected chi connectivity index (χ0v) is 13.0. The van der Waals surface area contributed by atoms with Crippen molar-refractivity contribution in [2.45, 2.75) is 50.3 Å². The topological polar surface area (TPSA) is 32.3 Å². The number of nitrogens with zero attached hydrogens (tertiary/aromatic N) is 1. The van der Waals surface area contributed by atoms with Crippen LogP contribution in [0.1, 0.15) is 39.5 Å². The predicted molar refractivity (Wildman–Crippen MR) is 80.6 cm³/mol. The summed E-state index contributed by atoms with van der Waals surface area (Å²) in [5.41, 5.74) is 0. The molecule has 18 heavy (non-hydrogen) atoms. The van der Waals surface area contributed by atoms with Gasteiger partial charge in [-0.05, 0) is 39.7 Å². The van der Waals surface area contributed by atoms with Gasteiger partial charge < -0.3 is 10.2 Å². The lowest BCUT2D eigenvalue weighted by Gasteiger charge is -2.37. The average molecular weight is 293 g/mol. The normalized spacial score (nSPS) is 26.8. The minimum Gasteiger partial charge on any atom is -0.341 e. The quantitative estimate of drug-likeness (QED) is 0.866. The molecule has 1 unspecified atom stereocenters. The number of hydrogen-bond acceptors (Lipinski definition) is 3. The van der Waals surface area contributed by atoms with E-state index in [1.807, 2.05) is 11.8 Å². The first kappa shape index (κ1) is 16.1. The summed E-state index contributed by atoms with van der Waals surface area (Å²) in [6.07, 6.45) is 4.25. The largest absolute Gasteiger partial charge is 0.341 e. The lowest BCUT2D eigenvalue weighted by Crippen LogP contribution is -2.46. The maximum Gasteiger partial charge on any atom is 0.222 e. The van der Waals surface area contributed by atoms with Crippen LogP contribution < -0.4 is 5.32 Å². The molecule has 0 radical (unpaired) electrons. The molecule has 0 aromatic carbocycles. The Kier molecular flexibility index (Phi) is 6.28. The van der Waals surface area contributed by atoms with Crippen molar-refractivity contribution in [3.8, 4) is 0 Å². The maximum atomic E-state index is 12.1. The molecule has 0 bridgehead atoms. The van der Waals surface area contributed by atoms with Gasteiger partial charge in [-0.2, -0.15) is 11.8 Å². The standard InChI is InChI=1S/C13H24N2OS.ClH/c1-13(2)10-15(8-9-17-13)12(16)6-5-11-4-3-7-14-11;/h11,14H,3-10H2,1-2H3;1H. The molecular weight excluding hydrogens is 268 g/mol. The van der Waals surface area contributed by atoms with Crippen molar-refractivity contribution in [1.82, 2.24) is 10.2 Å². The monoisotopic (exact) mass is 292 g/mol. The molecule has 2 fully saturated rings. The van der Waals surface area contributed by atoms with Gasteiger partial charge in [0.2, 0.25) is 5.91 Å². The first-order valence-corrected chi connectivity index (χ1v) is 7.70.